The number of carbonyl (C=O) groups is 4. The Morgan fingerprint density at radius 2 is 1.46 bits per heavy atom. The predicted octanol–water partition coefficient (Wildman–Crippen LogP) is 3.70. The van der Waals surface area contributed by atoms with Gasteiger partial charge in [0.25, 0.3) is 27.8 Å². The summed E-state index contributed by atoms with van der Waals surface area (Å²) >= 11 is 0. The summed E-state index contributed by atoms with van der Waals surface area (Å²) in [6, 6.07) is 4.51. The van der Waals surface area contributed by atoms with Gasteiger partial charge in [0.2, 0.25) is 0 Å². The fraction of sp³-hybridized carbons (Fsp3) is 0.370. The van der Waals surface area contributed by atoms with Crippen molar-refractivity contribution in [1.82, 2.24) is 9.80 Å². The zero-order valence-corrected chi connectivity index (χ0v) is 22.9. The molecule has 1 fully saturated rings. The van der Waals surface area contributed by atoms with Crippen molar-refractivity contribution in [3.8, 4) is 0 Å². The molecule has 5 amide bonds. The molecular formula is C27H32N4O7S. The van der Waals surface area contributed by atoms with E-state index >= 15 is 0 Å². The van der Waals surface area contributed by atoms with Gasteiger partial charge in [0.15, 0.2) is 0 Å². The van der Waals surface area contributed by atoms with Gasteiger partial charge in [-0.2, -0.15) is 18.5 Å². The molecule has 0 aromatic heterocycles. The Kier molecular flexibility index (Phi) is 9.71. The number of nitrogens with zero attached hydrogens (tertiary/aromatic N) is 4. The lowest BCUT2D eigenvalue weighted by Gasteiger charge is -2.33. The molecule has 1 saturated heterocycles. The second-order valence-corrected chi connectivity index (χ2v) is 10.5. The Labute approximate surface area is 227 Å². The fourth-order valence-corrected chi connectivity index (χ4v) is 4.49. The minimum atomic E-state index is -4.36. The Balaban J connectivity index is 1.73. The highest BCUT2D eigenvalue weighted by molar-refractivity contribution is 7.85. The summed E-state index contributed by atoms with van der Waals surface area (Å²) in [6.45, 7) is 6.05. The molecule has 3 rings (SSSR count). The number of amides is 5. The molecule has 1 N–H and O–H groups in total. The summed E-state index contributed by atoms with van der Waals surface area (Å²) in [5.74, 6) is -2.27. The van der Waals surface area contributed by atoms with E-state index in [9.17, 15) is 27.6 Å². The minimum Gasteiger partial charge on any atom is -0.282 e. The van der Waals surface area contributed by atoms with Crippen molar-refractivity contribution in [3.63, 3.8) is 0 Å². The highest BCUT2D eigenvalue weighted by Crippen LogP contribution is 2.26. The van der Waals surface area contributed by atoms with Gasteiger partial charge in [-0.3, -0.25) is 28.7 Å². The number of urea groups is 1. The molecule has 11 nitrogen and oxygen atoms in total. The SMILES string of the molecule is CCCCN1C(=O)C(=CC=CC=CC2C(=O)N(c3ccc(S(=O)(=O)O)cc3)N=C2C)C(=O)N(CCCC)C1=O. The zero-order valence-electron chi connectivity index (χ0n) is 22.1. The molecule has 1 aromatic rings. The third-order valence-corrected chi connectivity index (χ3v) is 7.10. The standard InChI is InChI=1S/C27H32N4O7S/c1-4-6-17-29-24(32)23(25(33)30(27(29)35)18-7-5-2)12-10-8-9-11-22-19(3)28-31(26(22)34)20-13-15-21(16-14-20)39(36,37)38/h8-16,22H,4-7,17-18H2,1-3H3,(H,36,37,38). The van der Waals surface area contributed by atoms with E-state index in [-0.39, 0.29) is 29.5 Å². The van der Waals surface area contributed by atoms with Gasteiger partial charge < -0.3 is 0 Å². The third-order valence-electron chi connectivity index (χ3n) is 6.23. The Hall–Kier alpha value is -3.90. The maximum absolute atomic E-state index is 12.9. The first-order valence-corrected chi connectivity index (χ1v) is 14.1. The zero-order chi connectivity index (χ0) is 28.7. The van der Waals surface area contributed by atoms with Gasteiger partial charge in [-0.1, -0.05) is 51.0 Å². The van der Waals surface area contributed by atoms with Crippen molar-refractivity contribution in [2.45, 2.75) is 51.3 Å². The first-order valence-electron chi connectivity index (χ1n) is 12.7. The van der Waals surface area contributed by atoms with E-state index in [0.717, 1.165) is 27.7 Å². The molecule has 2 heterocycles. The summed E-state index contributed by atoms with van der Waals surface area (Å²) in [4.78, 5) is 53.4. The Bertz CT molecular complexity index is 1330. The van der Waals surface area contributed by atoms with Crippen molar-refractivity contribution in [3.05, 3.63) is 60.2 Å². The van der Waals surface area contributed by atoms with Crippen LogP contribution in [0.5, 0.6) is 0 Å². The van der Waals surface area contributed by atoms with Crippen LogP contribution in [0.25, 0.3) is 0 Å². The van der Waals surface area contributed by atoms with E-state index in [4.69, 9.17) is 4.55 Å². The number of hydrogen-bond donors (Lipinski definition) is 1. The molecule has 1 aromatic carbocycles. The lowest BCUT2D eigenvalue weighted by Crippen LogP contribution is -2.56. The number of imide groups is 2. The minimum absolute atomic E-state index is 0.0966. The van der Waals surface area contributed by atoms with E-state index in [1.807, 2.05) is 13.8 Å². The molecule has 2 aliphatic rings. The predicted molar refractivity (Wildman–Crippen MR) is 145 cm³/mol. The second-order valence-electron chi connectivity index (χ2n) is 9.09. The summed E-state index contributed by atoms with van der Waals surface area (Å²) in [6.07, 6.45) is 10.5. The number of anilines is 1. The van der Waals surface area contributed by atoms with E-state index < -0.39 is 33.9 Å². The number of unbranched alkanes of at least 4 members (excludes halogenated alkanes) is 2. The van der Waals surface area contributed by atoms with Crippen LogP contribution in [-0.2, 0) is 24.5 Å². The topological polar surface area (TPSA) is 145 Å². The maximum Gasteiger partial charge on any atom is 0.333 e. The third kappa shape index (κ3) is 6.76. The van der Waals surface area contributed by atoms with Crippen LogP contribution >= 0.6 is 0 Å². The molecule has 0 saturated carbocycles. The van der Waals surface area contributed by atoms with Gasteiger partial charge in [0.05, 0.1) is 22.2 Å². The van der Waals surface area contributed by atoms with E-state index in [1.165, 1.54) is 36.4 Å². The molecule has 0 spiro atoms. The van der Waals surface area contributed by atoms with Crippen LogP contribution in [0.3, 0.4) is 0 Å². The summed E-state index contributed by atoms with van der Waals surface area (Å²) in [7, 11) is -4.36. The fourth-order valence-electron chi connectivity index (χ4n) is 4.01. The summed E-state index contributed by atoms with van der Waals surface area (Å²) < 4.78 is 31.6. The first-order chi connectivity index (χ1) is 18.5. The highest BCUT2D eigenvalue weighted by Gasteiger charge is 2.41. The van der Waals surface area contributed by atoms with Crippen molar-refractivity contribution < 1.29 is 32.1 Å². The summed E-state index contributed by atoms with van der Waals surface area (Å²) in [5, 5.41) is 5.40. The van der Waals surface area contributed by atoms with E-state index in [0.29, 0.717) is 24.2 Å². The van der Waals surface area contributed by atoms with Crippen molar-refractivity contribution in [1.29, 1.82) is 0 Å². The Morgan fingerprint density at radius 1 is 0.897 bits per heavy atom. The molecular weight excluding hydrogens is 524 g/mol. The lowest BCUT2D eigenvalue weighted by molar-refractivity contribution is -0.136. The van der Waals surface area contributed by atoms with Crippen LogP contribution in [0.2, 0.25) is 0 Å². The normalized spacial score (nSPS) is 18.8. The highest BCUT2D eigenvalue weighted by atomic mass is 32.2. The van der Waals surface area contributed by atoms with Crippen molar-refractivity contribution >= 4 is 45.3 Å². The molecule has 0 bridgehead atoms. The van der Waals surface area contributed by atoms with Crippen LogP contribution in [0, 0.1) is 5.92 Å². The monoisotopic (exact) mass is 556 g/mol. The quantitative estimate of drug-likeness (QED) is 0.189. The van der Waals surface area contributed by atoms with E-state index in [1.54, 1.807) is 25.2 Å². The molecule has 39 heavy (non-hydrogen) atoms. The molecule has 2 aliphatic heterocycles. The van der Waals surface area contributed by atoms with Crippen LogP contribution in [0.1, 0.15) is 46.5 Å². The smallest absolute Gasteiger partial charge is 0.282 e. The Morgan fingerprint density at radius 3 is 1.97 bits per heavy atom. The lowest BCUT2D eigenvalue weighted by atomic mass is 10.0. The number of allylic oxidation sites excluding steroid dienone is 4. The first kappa shape index (κ1) is 29.7. The van der Waals surface area contributed by atoms with Crippen LogP contribution in [0.4, 0.5) is 10.5 Å². The number of rotatable bonds is 11. The number of benzene rings is 1. The molecule has 0 radical (unpaired) electrons. The average Bonchev–Trinajstić information content (AvgIpc) is 3.18. The van der Waals surface area contributed by atoms with Crippen molar-refractivity contribution in [2.75, 3.05) is 18.1 Å². The number of hydrogen-bond acceptors (Lipinski definition) is 7. The molecule has 1 atom stereocenters. The van der Waals surface area contributed by atoms with Crippen LogP contribution in [0.15, 0.2) is 70.2 Å². The van der Waals surface area contributed by atoms with E-state index in [2.05, 4.69) is 5.10 Å². The van der Waals surface area contributed by atoms with Gasteiger partial charge in [-0.05, 0) is 50.1 Å². The maximum atomic E-state index is 12.9. The average molecular weight is 557 g/mol. The number of hydrazone groups is 1. The van der Waals surface area contributed by atoms with Gasteiger partial charge in [-0.15, -0.1) is 0 Å². The number of barbiturate groups is 1. The van der Waals surface area contributed by atoms with Crippen LogP contribution in [-0.4, -0.2) is 65.3 Å². The molecule has 12 heteroatoms. The largest absolute Gasteiger partial charge is 0.333 e. The van der Waals surface area contributed by atoms with Gasteiger partial charge in [0.1, 0.15) is 5.57 Å². The van der Waals surface area contributed by atoms with Gasteiger partial charge in [-0.25, -0.2) is 4.79 Å². The summed E-state index contributed by atoms with van der Waals surface area (Å²) in [5.41, 5.74) is 0.754. The second kappa shape index (κ2) is 12.8. The van der Waals surface area contributed by atoms with Crippen LogP contribution < -0.4 is 5.01 Å². The van der Waals surface area contributed by atoms with Crippen molar-refractivity contribution in [2.24, 2.45) is 11.0 Å². The molecule has 1 unspecified atom stereocenters. The van der Waals surface area contributed by atoms with Gasteiger partial charge >= 0.3 is 6.03 Å². The number of carbonyl (C=O) groups excluding carboxylic acids is 4. The molecule has 0 aliphatic carbocycles. The molecule has 208 valence electrons. The van der Waals surface area contributed by atoms with Gasteiger partial charge in [0, 0.05) is 13.1 Å².